The minimum Gasteiger partial charge on any atom is -0.482 e. The smallest absolute Gasteiger partial charge is 0.341 e. The average Bonchev–Trinajstić information content (AvgIpc) is 2.24. The van der Waals surface area contributed by atoms with Crippen molar-refractivity contribution in [2.75, 3.05) is 6.61 Å². The Morgan fingerprint density at radius 3 is 2.87 bits per heavy atom. The first-order valence-electron chi connectivity index (χ1n) is 4.32. The first-order valence-corrected chi connectivity index (χ1v) is 4.32. The van der Waals surface area contributed by atoms with Crippen LogP contribution in [0.2, 0.25) is 0 Å². The Bertz CT molecular complexity index is 362. The highest BCUT2D eigenvalue weighted by Gasteiger charge is 2.03. The van der Waals surface area contributed by atoms with Crippen molar-refractivity contribution in [2.24, 2.45) is 5.16 Å². The normalized spacial score (nSPS) is 10.4. The van der Waals surface area contributed by atoms with Crippen molar-refractivity contribution < 1.29 is 19.8 Å². The highest BCUT2D eigenvalue weighted by molar-refractivity contribution is 5.69. The van der Waals surface area contributed by atoms with E-state index in [9.17, 15) is 4.79 Å². The van der Waals surface area contributed by atoms with E-state index in [1.54, 1.807) is 24.3 Å². The summed E-state index contributed by atoms with van der Waals surface area (Å²) in [5.41, 5.74) is 0.775. The van der Waals surface area contributed by atoms with Crippen LogP contribution in [0.25, 0.3) is 0 Å². The second-order valence-electron chi connectivity index (χ2n) is 2.79. The summed E-state index contributed by atoms with van der Waals surface area (Å²) in [4.78, 5) is 10.3. The van der Waals surface area contributed by atoms with E-state index in [2.05, 4.69) is 5.16 Å². The van der Waals surface area contributed by atoms with Crippen LogP contribution >= 0.6 is 0 Å². The summed E-state index contributed by atoms with van der Waals surface area (Å²) < 4.78 is 5.05. The number of ether oxygens (including phenoxy) is 1. The third-order valence-corrected chi connectivity index (χ3v) is 1.72. The van der Waals surface area contributed by atoms with Gasteiger partial charge < -0.3 is 15.1 Å². The molecule has 0 aliphatic carbocycles. The molecule has 0 heterocycles. The molecule has 1 aromatic rings. The van der Waals surface area contributed by atoms with Gasteiger partial charge in [0.25, 0.3) is 0 Å². The third-order valence-electron chi connectivity index (χ3n) is 1.72. The summed E-state index contributed by atoms with van der Waals surface area (Å²) in [6.07, 6.45) is 1.70. The van der Waals surface area contributed by atoms with Gasteiger partial charge in [0.15, 0.2) is 6.61 Å². The number of para-hydroxylation sites is 1. The fourth-order valence-electron chi connectivity index (χ4n) is 1.09. The van der Waals surface area contributed by atoms with Gasteiger partial charge in [-0.1, -0.05) is 18.2 Å². The van der Waals surface area contributed by atoms with E-state index >= 15 is 0 Å². The molecular formula is C10H11NO4. The SMILES string of the molecule is O=C(O)COc1ccccc1C/C=N/O. The lowest BCUT2D eigenvalue weighted by molar-refractivity contribution is -0.139. The van der Waals surface area contributed by atoms with E-state index in [1.165, 1.54) is 6.21 Å². The summed E-state index contributed by atoms with van der Waals surface area (Å²) in [6.45, 7) is -0.382. The molecule has 0 spiro atoms. The molecule has 5 nitrogen and oxygen atoms in total. The average molecular weight is 209 g/mol. The van der Waals surface area contributed by atoms with E-state index in [4.69, 9.17) is 15.1 Å². The Morgan fingerprint density at radius 1 is 1.47 bits per heavy atom. The first kappa shape index (κ1) is 11.0. The second kappa shape index (κ2) is 5.64. The van der Waals surface area contributed by atoms with Gasteiger partial charge in [-0.05, 0) is 11.6 Å². The standard InChI is InChI=1S/C10H11NO4/c12-10(13)7-15-9-4-2-1-3-8(9)5-6-11-14/h1-4,6,14H,5,7H2,(H,12,13)/b11-6+. The molecule has 5 heteroatoms. The van der Waals surface area contributed by atoms with Crippen molar-refractivity contribution >= 4 is 12.2 Å². The van der Waals surface area contributed by atoms with Crippen LogP contribution in [-0.2, 0) is 11.2 Å². The zero-order valence-electron chi connectivity index (χ0n) is 7.96. The monoisotopic (exact) mass is 209 g/mol. The van der Waals surface area contributed by atoms with E-state index in [-0.39, 0.29) is 6.61 Å². The van der Waals surface area contributed by atoms with Crippen molar-refractivity contribution in [1.82, 2.24) is 0 Å². The summed E-state index contributed by atoms with van der Waals surface area (Å²) in [7, 11) is 0. The topological polar surface area (TPSA) is 79.1 Å². The molecular weight excluding hydrogens is 198 g/mol. The molecule has 80 valence electrons. The van der Waals surface area contributed by atoms with Crippen LogP contribution in [-0.4, -0.2) is 29.1 Å². The number of nitrogens with zero attached hydrogens (tertiary/aromatic N) is 1. The predicted octanol–water partition coefficient (Wildman–Crippen LogP) is 1.15. The minimum absolute atomic E-state index is 0.382. The number of benzene rings is 1. The number of carbonyl (C=O) groups is 1. The van der Waals surface area contributed by atoms with Gasteiger partial charge in [0.1, 0.15) is 5.75 Å². The number of oxime groups is 1. The van der Waals surface area contributed by atoms with Gasteiger partial charge in [0, 0.05) is 12.6 Å². The molecule has 0 fully saturated rings. The van der Waals surface area contributed by atoms with Crippen LogP contribution in [0.3, 0.4) is 0 Å². The molecule has 1 aromatic carbocycles. The minimum atomic E-state index is -1.03. The van der Waals surface area contributed by atoms with Gasteiger partial charge in [-0.25, -0.2) is 4.79 Å². The van der Waals surface area contributed by atoms with E-state index in [0.29, 0.717) is 12.2 Å². The fraction of sp³-hybridized carbons (Fsp3) is 0.200. The number of carboxylic acids is 1. The molecule has 0 unspecified atom stereocenters. The Morgan fingerprint density at radius 2 is 2.20 bits per heavy atom. The van der Waals surface area contributed by atoms with Crippen LogP contribution in [0.15, 0.2) is 29.4 Å². The fourth-order valence-corrected chi connectivity index (χ4v) is 1.09. The van der Waals surface area contributed by atoms with Crippen LogP contribution in [0.4, 0.5) is 0 Å². The zero-order valence-corrected chi connectivity index (χ0v) is 7.96. The third kappa shape index (κ3) is 3.68. The molecule has 0 aliphatic heterocycles. The van der Waals surface area contributed by atoms with Crippen molar-refractivity contribution in [3.8, 4) is 5.75 Å². The summed E-state index contributed by atoms with van der Waals surface area (Å²) in [6, 6.07) is 6.99. The largest absolute Gasteiger partial charge is 0.482 e. The van der Waals surface area contributed by atoms with Crippen molar-refractivity contribution in [1.29, 1.82) is 0 Å². The molecule has 2 N–H and O–H groups in total. The predicted molar refractivity (Wildman–Crippen MR) is 53.6 cm³/mol. The van der Waals surface area contributed by atoms with Gasteiger partial charge in [0.2, 0.25) is 0 Å². The first-order chi connectivity index (χ1) is 7.24. The summed E-state index contributed by atoms with van der Waals surface area (Å²) in [5, 5.41) is 19.6. The van der Waals surface area contributed by atoms with Gasteiger partial charge in [-0.2, -0.15) is 0 Å². The molecule has 0 aliphatic rings. The van der Waals surface area contributed by atoms with Crippen LogP contribution < -0.4 is 4.74 Å². The maximum Gasteiger partial charge on any atom is 0.341 e. The number of rotatable bonds is 5. The van der Waals surface area contributed by atoms with Crippen molar-refractivity contribution in [3.63, 3.8) is 0 Å². The molecule has 0 bridgehead atoms. The highest BCUT2D eigenvalue weighted by atomic mass is 16.5. The summed E-state index contributed by atoms with van der Waals surface area (Å²) in [5.74, 6) is -0.541. The molecule has 0 atom stereocenters. The maximum absolute atomic E-state index is 10.3. The lowest BCUT2D eigenvalue weighted by Crippen LogP contribution is -2.10. The lowest BCUT2D eigenvalue weighted by atomic mass is 10.1. The van der Waals surface area contributed by atoms with Gasteiger partial charge >= 0.3 is 5.97 Å². The maximum atomic E-state index is 10.3. The quantitative estimate of drug-likeness (QED) is 0.433. The summed E-state index contributed by atoms with van der Waals surface area (Å²) >= 11 is 0. The number of aliphatic carboxylic acids is 1. The van der Waals surface area contributed by atoms with Gasteiger partial charge in [0.05, 0.1) is 0 Å². The number of carboxylic acid groups (broad SMARTS) is 1. The Kier molecular flexibility index (Phi) is 4.15. The number of hydrogen-bond acceptors (Lipinski definition) is 4. The molecule has 1 rings (SSSR count). The molecule has 0 radical (unpaired) electrons. The Balaban J connectivity index is 2.72. The van der Waals surface area contributed by atoms with E-state index < -0.39 is 5.97 Å². The molecule has 0 aromatic heterocycles. The van der Waals surface area contributed by atoms with Crippen LogP contribution in [0.1, 0.15) is 5.56 Å². The zero-order chi connectivity index (χ0) is 11.1. The molecule has 0 saturated heterocycles. The molecule has 15 heavy (non-hydrogen) atoms. The highest BCUT2D eigenvalue weighted by Crippen LogP contribution is 2.17. The van der Waals surface area contributed by atoms with Gasteiger partial charge in [-0.3, -0.25) is 0 Å². The molecule has 0 amide bonds. The van der Waals surface area contributed by atoms with E-state index in [0.717, 1.165) is 5.56 Å². The Hall–Kier alpha value is -2.04. The van der Waals surface area contributed by atoms with Crippen LogP contribution in [0.5, 0.6) is 5.75 Å². The Labute approximate surface area is 86.6 Å². The number of hydrogen-bond donors (Lipinski definition) is 2. The van der Waals surface area contributed by atoms with Crippen LogP contribution in [0, 0.1) is 0 Å². The van der Waals surface area contributed by atoms with Crippen molar-refractivity contribution in [2.45, 2.75) is 6.42 Å². The molecule has 0 saturated carbocycles. The van der Waals surface area contributed by atoms with E-state index in [1.807, 2.05) is 0 Å². The lowest BCUT2D eigenvalue weighted by Gasteiger charge is -2.07. The van der Waals surface area contributed by atoms with Gasteiger partial charge in [-0.15, -0.1) is 5.16 Å². The second-order valence-corrected chi connectivity index (χ2v) is 2.79. The van der Waals surface area contributed by atoms with Crippen molar-refractivity contribution in [3.05, 3.63) is 29.8 Å².